The van der Waals surface area contributed by atoms with E-state index in [1.54, 1.807) is 13.2 Å². The maximum atomic E-state index is 11.9. The summed E-state index contributed by atoms with van der Waals surface area (Å²) < 4.78 is 5.01. The molecule has 1 rings (SSSR count). The maximum absolute atomic E-state index is 11.9. The second-order valence-electron chi connectivity index (χ2n) is 4.21. The Morgan fingerprint density at radius 1 is 1.58 bits per heavy atom. The van der Waals surface area contributed by atoms with Gasteiger partial charge in [-0.15, -0.1) is 11.3 Å². The first-order valence-corrected chi connectivity index (χ1v) is 6.95. The summed E-state index contributed by atoms with van der Waals surface area (Å²) in [7, 11) is 1.65. The van der Waals surface area contributed by atoms with Crippen molar-refractivity contribution in [1.29, 1.82) is 0 Å². The molecule has 1 amide bonds. The molecule has 1 heterocycles. The van der Waals surface area contributed by atoms with E-state index in [4.69, 9.17) is 9.84 Å². The number of hydrogen-bond acceptors (Lipinski definition) is 4. The molecular weight excluding hydrogens is 262 g/mol. The van der Waals surface area contributed by atoms with E-state index in [0.29, 0.717) is 24.4 Å². The fourth-order valence-electron chi connectivity index (χ4n) is 1.43. The number of aliphatic hydroxyl groups is 1. The number of methoxy groups -OCH3 is 1. The molecule has 0 aliphatic carbocycles. The molecule has 0 saturated heterocycles. The van der Waals surface area contributed by atoms with Gasteiger partial charge in [0.15, 0.2) is 0 Å². The minimum Gasteiger partial charge on any atom is -0.395 e. The Morgan fingerprint density at radius 3 is 3.05 bits per heavy atom. The van der Waals surface area contributed by atoms with E-state index in [9.17, 15) is 4.79 Å². The molecule has 0 aliphatic heterocycles. The zero-order valence-corrected chi connectivity index (χ0v) is 12.0. The number of carbonyl (C=O) groups excluding carboxylic acids is 1. The van der Waals surface area contributed by atoms with Gasteiger partial charge in [-0.05, 0) is 18.1 Å². The Bertz CT molecular complexity index is 459. The van der Waals surface area contributed by atoms with Gasteiger partial charge >= 0.3 is 0 Å². The summed E-state index contributed by atoms with van der Waals surface area (Å²) in [6.07, 6.45) is 0.452. The van der Waals surface area contributed by atoms with Gasteiger partial charge in [0, 0.05) is 20.1 Å². The van der Waals surface area contributed by atoms with Crippen molar-refractivity contribution >= 4 is 17.2 Å². The molecule has 5 heteroatoms. The van der Waals surface area contributed by atoms with Crippen molar-refractivity contribution in [2.75, 3.05) is 26.9 Å². The minimum atomic E-state index is -0.0804. The number of aliphatic hydroxyl groups excluding tert-OH is 1. The van der Waals surface area contributed by atoms with Gasteiger partial charge in [0.2, 0.25) is 0 Å². The van der Waals surface area contributed by atoms with Crippen LogP contribution < -0.4 is 5.32 Å². The molecule has 0 spiro atoms. The first kappa shape index (κ1) is 15.7. The predicted octanol–water partition coefficient (Wildman–Crippen LogP) is 1.49. The molecule has 0 aromatic carbocycles. The topological polar surface area (TPSA) is 58.6 Å². The summed E-state index contributed by atoms with van der Waals surface area (Å²) in [4.78, 5) is 13.4. The molecule has 1 unspecified atom stereocenters. The van der Waals surface area contributed by atoms with Crippen LogP contribution in [-0.2, 0) is 4.74 Å². The average molecular weight is 281 g/mol. The van der Waals surface area contributed by atoms with Gasteiger partial charge in [0.1, 0.15) is 0 Å². The van der Waals surface area contributed by atoms with Crippen molar-refractivity contribution in [3.63, 3.8) is 0 Å². The lowest BCUT2D eigenvalue weighted by Gasteiger charge is -2.10. The Balaban J connectivity index is 2.48. The Hall–Kier alpha value is -1.35. The van der Waals surface area contributed by atoms with Crippen LogP contribution in [0.25, 0.3) is 0 Å². The molecule has 0 radical (unpaired) electrons. The molecule has 19 heavy (non-hydrogen) atoms. The monoisotopic (exact) mass is 281 g/mol. The van der Waals surface area contributed by atoms with Crippen molar-refractivity contribution in [3.05, 3.63) is 21.9 Å². The first-order chi connectivity index (χ1) is 9.17. The van der Waals surface area contributed by atoms with Gasteiger partial charge in [-0.3, -0.25) is 4.79 Å². The summed E-state index contributed by atoms with van der Waals surface area (Å²) in [5, 5.41) is 11.5. The lowest BCUT2D eigenvalue weighted by molar-refractivity contribution is 0.0938. The number of amides is 1. The van der Waals surface area contributed by atoms with Crippen LogP contribution in [0, 0.1) is 17.8 Å². The average Bonchev–Trinajstić information content (AvgIpc) is 2.85. The third-order valence-electron chi connectivity index (χ3n) is 2.34. The molecule has 1 aromatic heterocycles. The summed E-state index contributed by atoms with van der Waals surface area (Å²) in [5.74, 6) is 5.96. The third kappa shape index (κ3) is 5.88. The highest BCUT2D eigenvalue weighted by molar-refractivity contribution is 7.14. The van der Waals surface area contributed by atoms with Gasteiger partial charge < -0.3 is 15.2 Å². The summed E-state index contributed by atoms with van der Waals surface area (Å²) in [6.45, 7) is 3.30. The van der Waals surface area contributed by atoms with E-state index in [1.165, 1.54) is 11.3 Å². The highest BCUT2D eigenvalue weighted by Crippen LogP contribution is 2.15. The zero-order chi connectivity index (χ0) is 14.1. The molecule has 1 atom stereocenters. The standard InChI is InChI=1S/C14H19NO3S/c1-11(10-18-2)9-15-14(17)13-7-6-12(19-13)5-3-4-8-16/h6-7,11,16H,4,8-10H2,1-2H3,(H,15,17). The Kier molecular flexibility index (Phi) is 7.19. The van der Waals surface area contributed by atoms with Crippen LogP contribution in [0.15, 0.2) is 12.1 Å². The van der Waals surface area contributed by atoms with Gasteiger partial charge in [-0.25, -0.2) is 0 Å². The van der Waals surface area contributed by atoms with Crippen LogP contribution in [0.4, 0.5) is 0 Å². The summed E-state index contributed by atoms with van der Waals surface area (Å²) in [5.41, 5.74) is 0. The van der Waals surface area contributed by atoms with Gasteiger partial charge in [0.25, 0.3) is 5.91 Å². The van der Waals surface area contributed by atoms with E-state index >= 15 is 0 Å². The molecule has 4 nitrogen and oxygen atoms in total. The molecule has 0 fully saturated rings. The normalized spacial score (nSPS) is 11.5. The summed E-state index contributed by atoms with van der Waals surface area (Å²) >= 11 is 1.36. The second kappa shape index (κ2) is 8.70. The van der Waals surface area contributed by atoms with E-state index in [1.807, 2.05) is 13.0 Å². The quantitative estimate of drug-likeness (QED) is 0.777. The lowest BCUT2D eigenvalue weighted by Crippen LogP contribution is -2.29. The fraction of sp³-hybridized carbons (Fsp3) is 0.500. The van der Waals surface area contributed by atoms with E-state index in [0.717, 1.165) is 4.88 Å². The number of thiophene rings is 1. The van der Waals surface area contributed by atoms with Crippen molar-refractivity contribution in [3.8, 4) is 11.8 Å². The van der Waals surface area contributed by atoms with Crippen molar-refractivity contribution in [2.24, 2.45) is 5.92 Å². The van der Waals surface area contributed by atoms with Crippen LogP contribution in [0.5, 0.6) is 0 Å². The highest BCUT2D eigenvalue weighted by atomic mass is 32.1. The SMILES string of the molecule is COCC(C)CNC(=O)c1ccc(C#CCCO)s1. The number of ether oxygens (including phenoxy) is 1. The molecule has 1 aromatic rings. The van der Waals surface area contributed by atoms with E-state index < -0.39 is 0 Å². The van der Waals surface area contributed by atoms with Crippen LogP contribution in [0.1, 0.15) is 27.9 Å². The van der Waals surface area contributed by atoms with Gasteiger partial charge in [-0.2, -0.15) is 0 Å². The Morgan fingerprint density at radius 2 is 2.37 bits per heavy atom. The van der Waals surface area contributed by atoms with Crippen LogP contribution in [0.2, 0.25) is 0 Å². The van der Waals surface area contributed by atoms with Crippen LogP contribution in [0.3, 0.4) is 0 Å². The van der Waals surface area contributed by atoms with E-state index in [-0.39, 0.29) is 18.4 Å². The number of rotatable bonds is 6. The molecule has 2 N–H and O–H groups in total. The highest BCUT2D eigenvalue weighted by Gasteiger charge is 2.09. The zero-order valence-electron chi connectivity index (χ0n) is 11.2. The fourth-order valence-corrected chi connectivity index (χ4v) is 2.23. The third-order valence-corrected chi connectivity index (χ3v) is 3.34. The van der Waals surface area contributed by atoms with Crippen molar-refractivity contribution in [2.45, 2.75) is 13.3 Å². The molecule has 0 bridgehead atoms. The number of hydrogen-bond donors (Lipinski definition) is 2. The first-order valence-electron chi connectivity index (χ1n) is 6.14. The predicted molar refractivity (Wildman–Crippen MR) is 76.3 cm³/mol. The second-order valence-corrected chi connectivity index (χ2v) is 5.29. The van der Waals surface area contributed by atoms with Crippen LogP contribution >= 0.6 is 11.3 Å². The number of nitrogens with one attached hydrogen (secondary N) is 1. The largest absolute Gasteiger partial charge is 0.395 e. The van der Waals surface area contributed by atoms with Gasteiger partial charge in [0.05, 0.1) is 23.0 Å². The van der Waals surface area contributed by atoms with Crippen LogP contribution in [-0.4, -0.2) is 37.9 Å². The van der Waals surface area contributed by atoms with E-state index in [2.05, 4.69) is 17.2 Å². The number of carbonyl (C=O) groups is 1. The summed E-state index contributed by atoms with van der Waals surface area (Å²) in [6, 6.07) is 3.59. The molecule has 104 valence electrons. The molecule has 0 saturated carbocycles. The van der Waals surface area contributed by atoms with Crippen molar-refractivity contribution in [1.82, 2.24) is 5.32 Å². The molecular formula is C14H19NO3S. The van der Waals surface area contributed by atoms with Crippen molar-refractivity contribution < 1.29 is 14.6 Å². The Labute approximate surface area is 117 Å². The molecule has 0 aliphatic rings. The van der Waals surface area contributed by atoms with Gasteiger partial charge in [-0.1, -0.05) is 18.8 Å². The maximum Gasteiger partial charge on any atom is 0.261 e. The minimum absolute atomic E-state index is 0.0586. The smallest absolute Gasteiger partial charge is 0.261 e. The lowest BCUT2D eigenvalue weighted by atomic mass is 10.2.